The van der Waals surface area contributed by atoms with E-state index in [2.05, 4.69) is 0 Å². The van der Waals surface area contributed by atoms with Crippen molar-refractivity contribution in [3.8, 4) is 0 Å². The molecule has 0 N–H and O–H groups in total. The van der Waals surface area contributed by atoms with Crippen LogP contribution in [-0.2, 0) is 20.5 Å². The molecule has 0 unspecified atom stereocenters. The molecule has 0 aromatic heterocycles. The zero-order valence-corrected chi connectivity index (χ0v) is 13.5. The summed E-state index contributed by atoms with van der Waals surface area (Å²) in [5, 5.41) is 0. The van der Waals surface area contributed by atoms with Gasteiger partial charge in [-0.1, -0.05) is 0 Å². The first-order chi connectivity index (χ1) is 5.92. The molecule has 0 atom stereocenters. The van der Waals surface area contributed by atoms with E-state index in [4.69, 9.17) is 36.9 Å². The maximum atomic E-state index is 12.3. The van der Waals surface area contributed by atoms with Gasteiger partial charge in [-0.15, -0.1) is 0 Å². The van der Waals surface area contributed by atoms with Crippen molar-refractivity contribution < 1.29 is 20.5 Å². The molecular formula is C8H18Cl3O3V. The average Bonchev–Trinajstić information content (AvgIpc) is 1.36. The van der Waals surface area contributed by atoms with Crippen molar-refractivity contribution in [3.63, 3.8) is 0 Å². The predicted molar refractivity (Wildman–Crippen MR) is 59.9 cm³/mol. The normalized spacial score (nSPS) is 19.5. The molecule has 0 saturated heterocycles. The Labute approximate surface area is 102 Å². The first-order valence-electron chi connectivity index (χ1n) is 4.46. The fourth-order valence-electron chi connectivity index (χ4n) is 1.09. The second-order valence-corrected chi connectivity index (χ2v) is 20.7. The standard InChI is InChI=1S/2C4H9O.3ClH.O.V/c2*1-4(2,3)5;;;;;/h2*1-3H3;3*1H;;/q2*-1;;;;;+5/p-3. The molecule has 0 aromatic rings. The molecule has 0 radical (unpaired) electrons. The summed E-state index contributed by atoms with van der Waals surface area (Å²) in [5.74, 6) is 0. The Morgan fingerprint density at radius 2 is 1.00 bits per heavy atom. The van der Waals surface area contributed by atoms with E-state index in [0.717, 1.165) is 0 Å². The molecule has 0 aliphatic rings. The Bertz CT molecular complexity index is 307. The summed E-state index contributed by atoms with van der Waals surface area (Å²) in [6, 6.07) is 0. The summed E-state index contributed by atoms with van der Waals surface area (Å²) in [6.07, 6.45) is 0. The van der Waals surface area contributed by atoms with Crippen LogP contribution in [0.5, 0.6) is 0 Å². The summed E-state index contributed by atoms with van der Waals surface area (Å²) < 4.78 is 22.5. The Balaban J connectivity index is 5.28. The van der Waals surface area contributed by atoms with Crippen LogP contribution in [-0.4, -0.2) is 11.2 Å². The van der Waals surface area contributed by atoms with E-state index in [1.807, 2.05) is 0 Å². The quantitative estimate of drug-likeness (QED) is 0.753. The minimum atomic E-state index is -6.45. The minimum absolute atomic E-state index is 0.877. The van der Waals surface area contributed by atoms with Gasteiger partial charge in [-0.05, 0) is 0 Å². The molecule has 0 aliphatic carbocycles. The topological polar surface area (TPSA) is 35.5 Å². The fourth-order valence-corrected chi connectivity index (χ4v) is 9.60. The monoisotopic (exact) mass is 318 g/mol. The third-order valence-electron chi connectivity index (χ3n) is 0.904. The van der Waals surface area contributed by atoms with Gasteiger partial charge in [0.2, 0.25) is 0 Å². The molecule has 0 amide bonds. The van der Waals surface area contributed by atoms with E-state index in [1.54, 1.807) is 41.5 Å². The number of rotatable bonds is 2. The van der Waals surface area contributed by atoms with Crippen LogP contribution in [0.1, 0.15) is 41.5 Å². The van der Waals surface area contributed by atoms with Gasteiger partial charge in [0.05, 0.1) is 0 Å². The molecule has 0 bridgehead atoms. The number of hydrogen-bond acceptors (Lipinski definition) is 3. The van der Waals surface area contributed by atoms with Crippen molar-refractivity contribution in [2.75, 3.05) is 0 Å². The van der Waals surface area contributed by atoms with Gasteiger partial charge in [0.1, 0.15) is 0 Å². The van der Waals surface area contributed by atoms with Crippen molar-refractivity contribution >= 4 is 29.5 Å². The second kappa shape index (κ2) is 3.35. The molecule has 0 aromatic carbocycles. The van der Waals surface area contributed by atoms with Crippen molar-refractivity contribution in [3.05, 3.63) is 0 Å². The summed E-state index contributed by atoms with van der Waals surface area (Å²) in [5.41, 5.74) is -1.75. The van der Waals surface area contributed by atoms with E-state index < -0.39 is 20.7 Å². The zero-order chi connectivity index (χ0) is 12.8. The van der Waals surface area contributed by atoms with Crippen LogP contribution in [0.2, 0.25) is 0 Å². The number of hydrogen-bond donors (Lipinski definition) is 0. The molecule has 7 heteroatoms. The van der Waals surface area contributed by atoms with Crippen molar-refractivity contribution in [2.24, 2.45) is 0 Å². The van der Waals surface area contributed by atoms with E-state index in [1.165, 1.54) is 0 Å². The Morgan fingerprint density at radius 1 is 0.800 bits per heavy atom. The van der Waals surface area contributed by atoms with Gasteiger partial charge in [0, 0.05) is 0 Å². The maximum absolute atomic E-state index is 12.3. The summed E-state index contributed by atoms with van der Waals surface area (Å²) in [6.45, 7) is 9.78. The molecule has 0 spiro atoms. The Hall–Kier alpha value is 1.17. The van der Waals surface area contributed by atoms with Crippen molar-refractivity contribution in [2.45, 2.75) is 52.7 Å². The molecule has 0 saturated carbocycles. The fraction of sp³-hybridized carbons (Fsp3) is 1.00. The van der Waals surface area contributed by atoms with Crippen LogP contribution in [0, 0.1) is 0 Å². The Kier molecular flexibility index (Phi) is 3.61. The van der Waals surface area contributed by atoms with Crippen molar-refractivity contribution in [1.29, 1.82) is 0 Å². The van der Waals surface area contributed by atoms with Gasteiger partial charge in [-0.25, -0.2) is 0 Å². The molecule has 15 heavy (non-hydrogen) atoms. The SMILES string of the molecule is CC(C)(C)[O][V](=[O])([Cl])([Cl])([Cl])[O]C(C)(C)C. The van der Waals surface area contributed by atoms with Gasteiger partial charge in [-0.2, -0.15) is 0 Å². The molecule has 0 rings (SSSR count). The van der Waals surface area contributed by atoms with Gasteiger partial charge in [-0.3, -0.25) is 0 Å². The molecule has 94 valence electrons. The third-order valence-corrected chi connectivity index (χ3v) is 5.43. The first kappa shape index (κ1) is 16.2. The van der Waals surface area contributed by atoms with Gasteiger partial charge in [0.15, 0.2) is 0 Å². The van der Waals surface area contributed by atoms with Crippen molar-refractivity contribution in [1.82, 2.24) is 0 Å². The molecule has 0 aliphatic heterocycles. The van der Waals surface area contributed by atoms with E-state index >= 15 is 0 Å². The molecular weight excluding hydrogens is 301 g/mol. The van der Waals surface area contributed by atoms with E-state index in [0.29, 0.717) is 0 Å². The molecule has 0 fully saturated rings. The zero-order valence-electron chi connectivity index (χ0n) is 9.81. The summed E-state index contributed by atoms with van der Waals surface area (Å²) >= 11 is 0. The van der Waals surface area contributed by atoms with Crippen LogP contribution in [0.25, 0.3) is 0 Å². The molecule has 0 heterocycles. The van der Waals surface area contributed by atoms with Crippen LogP contribution in [0.3, 0.4) is 0 Å². The van der Waals surface area contributed by atoms with Crippen LogP contribution in [0.15, 0.2) is 0 Å². The molecule has 3 nitrogen and oxygen atoms in total. The van der Waals surface area contributed by atoms with E-state index in [9.17, 15) is 3.67 Å². The second-order valence-electron chi connectivity index (χ2n) is 5.44. The summed E-state index contributed by atoms with van der Waals surface area (Å²) in [4.78, 5) is 0. The average molecular weight is 320 g/mol. The van der Waals surface area contributed by atoms with E-state index in [-0.39, 0.29) is 0 Å². The van der Waals surface area contributed by atoms with Crippen LogP contribution < -0.4 is 0 Å². The predicted octanol–water partition coefficient (Wildman–Crippen LogP) is 4.48. The number of halogens is 3. The summed E-state index contributed by atoms with van der Waals surface area (Å²) in [7, 11) is 10.7. The third kappa shape index (κ3) is 8.93. The van der Waals surface area contributed by atoms with Gasteiger partial charge < -0.3 is 0 Å². The van der Waals surface area contributed by atoms with Gasteiger partial charge >= 0.3 is 103 Å². The van der Waals surface area contributed by atoms with Crippen LogP contribution >= 0.6 is 29.5 Å². The van der Waals surface area contributed by atoms with Gasteiger partial charge in [0.25, 0.3) is 0 Å². The first-order valence-corrected chi connectivity index (χ1v) is 11.9. The Morgan fingerprint density at radius 3 is 1.13 bits per heavy atom. The van der Waals surface area contributed by atoms with Crippen LogP contribution in [0.4, 0.5) is 0 Å².